The van der Waals surface area contributed by atoms with Crippen molar-refractivity contribution < 1.29 is 24.2 Å². The Balaban J connectivity index is 1.32. The van der Waals surface area contributed by atoms with E-state index in [1.165, 1.54) is 0 Å². The molecule has 0 bridgehead atoms. The van der Waals surface area contributed by atoms with Crippen LogP contribution in [0.2, 0.25) is 0 Å². The highest BCUT2D eigenvalue weighted by Crippen LogP contribution is 2.43. The van der Waals surface area contributed by atoms with Crippen molar-refractivity contribution in [3.8, 4) is 5.75 Å². The number of hydrogen-bond acceptors (Lipinski definition) is 7. The SMILES string of the molecule is C=C([C@@H]1CC[C@H](C(=O)c2ccc(OCC3CCOCC3)cc2)[C@H]1C(=O)O)n1nnc2ccc(C)cc2c1=O. The molecule has 0 spiro atoms. The first-order valence-corrected chi connectivity index (χ1v) is 13.0. The number of carboxylic acid groups (broad SMARTS) is 1. The number of rotatable bonds is 8. The van der Waals surface area contributed by atoms with Crippen LogP contribution in [-0.4, -0.2) is 51.7 Å². The quantitative estimate of drug-likeness (QED) is 0.446. The molecule has 2 fully saturated rings. The molecule has 2 aromatic carbocycles. The monoisotopic (exact) mass is 517 g/mol. The zero-order valence-corrected chi connectivity index (χ0v) is 21.3. The van der Waals surface area contributed by atoms with E-state index < -0.39 is 29.3 Å². The molecule has 38 heavy (non-hydrogen) atoms. The van der Waals surface area contributed by atoms with E-state index in [1.807, 2.05) is 13.0 Å². The highest BCUT2D eigenvalue weighted by molar-refractivity contribution is 6.00. The van der Waals surface area contributed by atoms with Crippen LogP contribution in [0.5, 0.6) is 5.75 Å². The van der Waals surface area contributed by atoms with Gasteiger partial charge in [-0.25, -0.2) is 0 Å². The van der Waals surface area contributed by atoms with Gasteiger partial charge in [-0.2, -0.15) is 4.68 Å². The van der Waals surface area contributed by atoms with Crippen LogP contribution in [0.4, 0.5) is 0 Å². The van der Waals surface area contributed by atoms with Crippen LogP contribution in [0.1, 0.15) is 41.6 Å². The third-order valence-corrected chi connectivity index (χ3v) is 7.76. The maximum atomic E-state index is 13.4. The van der Waals surface area contributed by atoms with E-state index in [0.29, 0.717) is 47.6 Å². The minimum absolute atomic E-state index is 0.240. The molecule has 2 heterocycles. The third kappa shape index (κ3) is 5.11. The van der Waals surface area contributed by atoms with E-state index in [9.17, 15) is 19.5 Å². The standard InChI is InChI=1S/C29H31N3O6/c1-17-3-10-25-24(15-17)28(34)32(31-30-25)18(2)22-8-9-23(26(22)29(35)36)27(33)20-4-6-21(7-5-20)38-16-19-11-13-37-14-12-19/h3-7,10,15,19,22-23,26H,2,8-9,11-14,16H2,1H3,(H,35,36)/t22-,23-,26-/m0/s1. The molecule has 2 aliphatic rings. The van der Waals surface area contributed by atoms with E-state index in [0.717, 1.165) is 36.3 Å². The van der Waals surface area contributed by atoms with Gasteiger partial charge in [0, 0.05) is 36.3 Å². The number of aliphatic carboxylic acids is 1. The summed E-state index contributed by atoms with van der Waals surface area (Å²) in [6, 6.07) is 12.2. The minimum atomic E-state index is -1.10. The van der Waals surface area contributed by atoms with Gasteiger partial charge in [0.1, 0.15) is 11.3 Å². The lowest BCUT2D eigenvalue weighted by Crippen LogP contribution is -2.33. The van der Waals surface area contributed by atoms with E-state index in [-0.39, 0.29) is 11.5 Å². The molecule has 9 nitrogen and oxygen atoms in total. The third-order valence-electron chi connectivity index (χ3n) is 7.76. The molecule has 1 aliphatic carbocycles. The van der Waals surface area contributed by atoms with Gasteiger partial charge < -0.3 is 14.6 Å². The summed E-state index contributed by atoms with van der Waals surface area (Å²) < 4.78 is 12.4. The fourth-order valence-corrected chi connectivity index (χ4v) is 5.57. The number of fused-ring (bicyclic) bond motifs is 1. The molecule has 5 rings (SSSR count). The maximum absolute atomic E-state index is 13.4. The highest BCUT2D eigenvalue weighted by atomic mass is 16.5. The number of hydrogen-bond donors (Lipinski definition) is 1. The Bertz CT molecular complexity index is 1420. The molecule has 198 valence electrons. The summed E-state index contributed by atoms with van der Waals surface area (Å²) in [7, 11) is 0. The normalized spacial score (nSPS) is 21.9. The predicted octanol–water partition coefficient (Wildman–Crippen LogP) is 3.99. The number of allylic oxidation sites excluding steroid dienone is 1. The Kier molecular flexibility index (Phi) is 7.37. The lowest BCUT2D eigenvalue weighted by molar-refractivity contribution is -0.143. The number of Topliss-reactive ketones (excluding diaryl/α,β-unsaturated/α-hetero) is 1. The summed E-state index contributed by atoms with van der Waals surface area (Å²) in [5, 5.41) is 18.6. The van der Waals surface area contributed by atoms with E-state index >= 15 is 0 Å². The zero-order valence-electron chi connectivity index (χ0n) is 21.3. The maximum Gasteiger partial charge on any atom is 0.307 e. The van der Waals surface area contributed by atoms with E-state index in [4.69, 9.17) is 9.47 Å². The molecule has 0 unspecified atom stereocenters. The molecule has 9 heteroatoms. The van der Waals surface area contributed by atoms with Crippen molar-refractivity contribution in [1.29, 1.82) is 0 Å². The molecule has 3 aromatic rings. The topological polar surface area (TPSA) is 121 Å². The summed E-state index contributed by atoms with van der Waals surface area (Å²) in [4.78, 5) is 38.9. The lowest BCUT2D eigenvalue weighted by atomic mass is 9.83. The first-order chi connectivity index (χ1) is 18.3. The van der Waals surface area contributed by atoms with Crippen LogP contribution in [0, 0.1) is 30.6 Å². The summed E-state index contributed by atoms with van der Waals surface area (Å²) in [6.45, 7) is 8.00. The number of aryl methyl sites for hydroxylation is 1. The van der Waals surface area contributed by atoms with Gasteiger partial charge in [0.15, 0.2) is 5.78 Å². The largest absolute Gasteiger partial charge is 0.493 e. The molecule has 1 aromatic heterocycles. The summed E-state index contributed by atoms with van der Waals surface area (Å²) in [5.41, 5.74) is 1.63. The average molecular weight is 518 g/mol. The van der Waals surface area contributed by atoms with Gasteiger partial charge in [-0.1, -0.05) is 23.4 Å². The van der Waals surface area contributed by atoms with Gasteiger partial charge in [-0.15, -0.1) is 5.10 Å². The second kappa shape index (κ2) is 10.9. The lowest BCUT2D eigenvalue weighted by Gasteiger charge is -2.23. The molecule has 3 atom stereocenters. The van der Waals surface area contributed by atoms with Crippen LogP contribution < -0.4 is 10.3 Å². The van der Waals surface area contributed by atoms with Crippen molar-refractivity contribution in [2.75, 3.05) is 19.8 Å². The van der Waals surface area contributed by atoms with Gasteiger partial charge in [0.25, 0.3) is 5.56 Å². The van der Waals surface area contributed by atoms with Gasteiger partial charge in [-0.05, 0) is 74.9 Å². The first kappa shape index (κ1) is 25.8. The summed E-state index contributed by atoms with van der Waals surface area (Å²) in [5.74, 6) is -2.61. The van der Waals surface area contributed by atoms with Crippen molar-refractivity contribution in [2.45, 2.75) is 32.6 Å². The van der Waals surface area contributed by atoms with Crippen LogP contribution in [0.3, 0.4) is 0 Å². The van der Waals surface area contributed by atoms with Crippen LogP contribution in [0.25, 0.3) is 16.6 Å². The summed E-state index contributed by atoms with van der Waals surface area (Å²) in [6.07, 6.45) is 2.71. The van der Waals surface area contributed by atoms with Crippen LogP contribution >= 0.6 is 0 Å². The Morgan fingerprint density at radius 3 is 2.50 bits per heavy atom. The van der Waals surface area contributed by atoms with Crippen molar-refractivity contribution in [2.24, 2.45) is 23.7 Å². The van der Waals surface area contributed by atoms with Gasteiger partial charge in [0.2, 0.25) is 0 Å². The van der Waals surface area contributed by atoms with E-state index in [1.54, 1.807) is 36.4 Å². The van der Waals surface area contributed by atoms with Crippen molar-refractivity contribution in [3.05, 3.63) is 70.5 Å². The van der Waals surface area contributed by atoms with E-state index in [2.05, 4.69) is 16.9 Å². The van der Waals surface area contributed by atoms with Crippen LogP contribution in [0.15, 0.2) is 53.8 Å². The second-order valence-electron chi connectivity index (χ2n) is 10.2. The number of carbonyl (C=O) groups excluding carboxylic acids is 1. The van der Waals surface area contributed by atoms with Crippen LogP contribution in [-0.2, 0) is 9.53 Å². The van der Waals surface area contributed by atoms with Crippen molar-refractivity contribution in [1.82, 2.24) is 15.0 Å². The molecule has 1 aliphatic heterocycles. The predicted molar refractivity (Wildman–Crippen MR) is 141 cm³/mol. The average Bonchev–Trinajstić information content (AvgIpc) is 3.38. The molecule has 0 radical (unpaired) electrons. The summed E-state index contributed by atoms with van der Waals surface area (Å²) >= 11 is 0. The Hall–Kier alpha value is -3.85. The number of ether oxygens (including phenoxy) is 2. The number of ketones is 1. The molecule has 1 saturated heterocycles. The number of benzene rings is 2. The van der Waals surface area contributed by atoms with Crippen molar-refractivity contribution >= 4 is 28.4 Å². The highest BCUT2D eigenvalue weighted by Gasteiger charge is 2.46. The van der Waals surface area contributed by atoms with Gasteiger partial charge in [-0.3, -0.25) is 14.4 Å². The Labute approximate surface area is 220 Å². The molecular formula is C29H31N3O6. The number of carboxylic acids is 1. The van der Waals surface area contributed by atoms with Gasteiger partial charge >= 0.3 is 5.97 Å². The smallest absolute Gasteiger partial charge is 0.307 e. The number of carbonyl (C=O) groups is 2. The minimum Gasteiger partial charge on any atom is -0.493 e. The first-order valence-electron chi connectivity index (χ1n) is 13.0. The Morgan fingerprint density at radius 2 is 1.79 bits per heavy atom. The molecule has 1 saturated carbocycles. The fraction of sp³-hybridized carbons (Fsp3) is 0.414. The molecule has 1 N–H and O–H groups in total. The fourth-order valence-electron chi connectivity index (χ4n) is 5.57. The number of nitrogens with zero attached hydrogens (tertiary/aromatic N) is 3. The zero-order chi connectivity index (χ0) is 26.8. The van der Waals surface area contributed by atoms with Crippen molar-refractivity contribution in [3.63, 3.8) is 0 Å². The molecule has 0 amide bonds. The number of aromatic nitrogens is 3. The molecular weight excluding hydrogens is 486 g/mol. The second-order valence-corrected chi connectivity index (χ2v) is 10.2. The Morgan fingerprint density at radius 1 is 1.08 bits per heavy atom. The van der Waals surface area contributed by atoms with Gasteiger partial charge in [0.05, 0.1) is 17.9 Å².